The Labute approximate surface area is 143 Å². The summed E-state index contributed by atoms with van der Waals surface area (Å²) in [5.41, 5.74) is 2.01. The molecule has 4 nitrogen and oxygen atoms in total. The molecule has 2 rings (SSSR count). The highest BCUT2D eigenvalue weighted by molar-refractivity contribution is 6.31. The van der Waals surface area contributed by atoms with Gasteiger partial charge in [-0.05, 0) is 31.4 Å². The fourth-order valence-electron chi connectivity index (χ4n) is 2.49. The van der Waals surface area contributed by atoms with Crippen molar-refractivity contribution in [2.75, 3.05) is 23.3 Å². The van der Waals surface area contributed by atoms with Gasteiger partial charge in [0.15, 0.2) is 0 Å². The van der Waals surface area contributed by atoms with Gasteiger partial charge >= 0.3 is 0 Å². The number of hydrogen-bond donors (Lipinski definition) is 1. The first-order chi connectivity index (χ1) is 11.1. The normalized spacial score (nSPS) is 10.6. The lowest BCUT2D eigenvalue weighted by atomic mass is 10.2. The molecule has 0 radical (unpaired) electrons. The van der Waals surface area contributed by atoms with Gasteiger partial charge in [0.1, 0.15) is 5.82 Å². The Bertz CT molecular complexity index is 624. The van der Waals surface area contributed by atoms with E-state index < -0.39 is 0 Å². The number of aryl methyl sites for hydroxylation is 1. The molecule has 0 amide bonds. The molecule has 0 bridgehead atoms. The Balaban J connectivity index is 2.14. The summed E-state index contributed by atoms with van der Waals surface area (Å²) in [5, 5.41) is 4.04. The number of halogens is 1. The average molecular weight is 333 g/mol. The van der Waals surface area contributed by atoms with Crippen LogP contribution >= 0.6 is 11.6 Å². The topological polar surface area (TPSA) is 41.1 Å². The van der Waals surface area contributed by atoms with Crippen LogP contribution in [0.1, 0.15) is 37.9 Å². The fourth-order valence-corrected chi connectivity index (χ4v) is 2.69. The molecule has 0 unspecified atom stereocenters. The summed E-state index contributed by atoms with van der Waals surface area (Å²) in [6.45, 7) is 9.01. The number of anilines is 2. The minimum Gasteiger partial charge on any atom is -0.356 e. The van der Waals surface area contributed by atoms with E-state index in [9.17, 15) is 0 Å². The lowest BCUT2D eigenvalue weighted by molar-refractivity contribution is 0.732. The highest BCUT2D eigenvalue weighted by Crippen LogP contribution is 2.18. The van der Waals surface area contributed by atoms with Gasteiger partial charge in [-0.1, -0.05) is 43.6 Å². The molecule has 0 spiro atoms. The van der Waals surface area contributed by atoms with E-state index in [4.69, 9.17) is 11.6 Å². The van der Waals surface area contributed by atoms with Gasteiger partial charge in [-0.2, -0.15) is 4.98 Å². The van der Waals surface area contributed by atoms with Crippen LogP contribution < -0.4 is 10.2 Å². The minimum absolute atomic E-state index is 0.615. The first-order valence-corrected chi connectivity index (χ1v) is 8.59. The van der Waals surface area contributed by atoms with Gasteiger partial charge in [0.05, 0.1) is 0 Å². The maximum atomic E-state index is 6.20. The largest absolute Gasteiger partial charge is 0.356 e. The Hall–Kier alpha value is -1.81. The molecular weight excluding hydrogens is 308 g/mol. The molecule has 5 heteroatoms. The van der Waals surface area contributed by atoms with Crippen LogP contribution in [0.4, 0.5) is 11.8 Å². The van der Waals surface area contributed by atoms with Crippen LogP contribution in [0.5, 0.6) is 0 Å². The van der Waals surface area contributed by atoms with Crippen molar-refractivity contribution in [3.8, 4) is 0 Å². The quantitative estimate of drug-likeness (QED) is 0.762. The SMILES string of the molecule is CCCN(CCC)c1cc(C)nc(NCc2ccccc2Cl)n1. The van der Waals surface area contributed by atoms with Crippen molar-refractivity contribution in [2.45, 2.75) is 40.2 Å². The van der Waals surface area contributed by atoms with E-state index in [1.54, 1.807) is 0 Å². The fraction of sp³-hybridized carbons (Fsp3) is 0.444. The van der Waals surface area contributed by atoms with Crippen LogP contribution in [-0.2, 0) is 6.54 Å². The molecule has 0 saturated carbocycles. The summed E-state index contributed by atoms with van der Waals surface area (Å²) in [6.07, 6.45) is 2.21. The standard InChI is InChI=1S/C18H25ClN4/c1-4-10-23(11-5-2)17-12-14(3)21-18(22-17)20-13-15-8-6-7-9-16(15)19/h6-9,12H,4-5,10-11,13H2,1-3H3,(H,20,21,22). The van der Waals surface area contributed by atoms with Crippen molar-refractivity contribution in [3.63, 3.8) is 0 Å². The van der Waals surface area contributed by atoms with Crippen LogP contribution in [0.15, 0.2) is 30.3 Å². The molecule has 0 saturated heterocycles. The highest BCUT2D eigenvalue weighted by atomic mass is 35.5. The van der Waals surface area contributed by atoms with Gasteiger partial charge in [-0.3, -0.25) is 0 Å². The summed E-state index contributed by atoms with van der Waals surface area (Å²) in [4.78, 5) is 11.5. The van der Waals surface area contributed by atoms with Gasteiger partial charge in [-0.25, -0.2) is 4.98 Å². The number of rotatable bonds is 8. The second-order valence-electron chi connectivity index (χ2n) is 5.62. The van der Waals surface area contributed by atoms with Crippen LogP contribution in [0, 0.1) is 6.92 Å². The van der Waals surface area contributed by atoms with Crippen LogP contribution in [0.3, 0.4) is 0 Å². The Kier molecular flexibility index (Phi) is 6.66. The van der Waals surface area contributed by atoms with Crippen molar-refractivity contribution in [1.29, 1.82) is 0 Å². The number of hydrogen-bond acceptors (Lipinski definition) is 4. The zero-order valence-corrected chi connectivity index (χ0v) is 14.9. The van der Waals surface area contributed by atoms with Crippen molar-refractivity contribution in [2.24, 2.45) is 0 Å². The number of nitrogens with one attached hydrogen (secondary N) is 1. The third-order valence-electron chi connectivity index (χ3n) is 3.55. The van der Waals surface area contributed by atoms with Gasteiger partial charge in [-0.15, -0.1) is 0 Å². The Morgan fingerprint density at radius 1 is 1.09 bits per heavy atom. The monoisotopic (exact) mass is 332 g/mol. The van der Waals surface area contributed by atoms with E-state index in [0.717, 1.165) is 48.0 Å². The summed E-state index contributed by atoms with van der Waals surface area (Å²) in [5.74, 6) is 1.64. The molecule has 0 aliphatic heterocycles. The summed E-state index contributed by atoms with van der Waals surface area (Å²) in [7, 11) is 0. The minimum atomic E-state index is 0.615. The van der Waals surface area contributed by atoms with Gasteiger partial charge < -0.3 is 10.2 Å². The Morgan fingerprint density at radius 2 is 1.78 bits per heavy atom. The van der Waals surface area contributed by atoms with Crippen molar-refractivity contribution in [3.05, 3.63) is 46.6 Å². The zero-order chi connectivity index (χ0) is 16.7. The first kappa shape index (κ1) is 17.5. The lowest BCUT2D eigenvalue weighted by Crippen LogP contribution is -2.26. The average Bonchev–Trinajstić information content (AvgIpc) is 2.53. The second-order valence-corrected chi connectivity index (χ2v) is 6.03. The molecule has 23 heavy (non-hydrogen) atoms. The summed E-state index contributed by atoms with van der Waals surface area (Å²) in [6, 6.07) is 9.86. The van der Waals surface area contributed by atoms with Crippen molar-refractivity contribution < 1.29 is 0 Å². The van der Waals surface area contributed by atoms with E-state index >= 15 is 0 Å². The molecular formula is C18H25ClN4. The molecule has 2 aromatic rings. The predicted octanol–water partition coefficient (Wildman–Crippen LogP) is 4.68. The maximum absolute atomic E-state index is 6.20. The first-order valence-electron chi connectivity index (χ1n) is 8.22. The number of benzene rings is 1. The van der Waals surface area contributed by atoms with E-state index in [0.29, 0.717) is 12.5 Å². The van der Waals surface area contributed by atoms with E-state index in [2.05, 4.69) is 34.0 Å². The Morgan fingerprint density at radius 3 is 2.43 bits per heavy atom. The van der Waals surface area contributed by atoms with E-state index in [1.165, 1.54) is 0 Å². The molecule has 1 heterocycles. The van der Waals surface area contributed by atoms with Crippen LogP contribution in [-0.4, -0.2) is 23.1 Å². The maximum Gasteiger partial charge on any atom is 0.225 e. The van der Waals surface area contributed by atoms with Gasteiger partial charge in [0, 0.05) is 36.4 Å². The lowest BCUT2D eigenvalue weighted by Gasteiger charge is -2.23. The van der Waals surface area contributed by atoms with Crippen molar-refractivity contribution in [1.82, 2.24) is 9.97 Å². The van der Waals surface area contributed by atoms with Crippen LogP contribution in [0.25, 0.3) is 0 Å². The highest BCUT2D eigenvalue weighted by Gasteiger charge is 2.09. The van der Waals surface area contributed by atoms with Gasteiger partial charge in [0.25, 0.3) is 0 Å². The molecule has 124 valence electrons. The second kappa shape index (κ2) is 8.73. The molecule has 0 atom stereocenters. The van der Waals surface area contributed by atoms with E-state index in [-0.39, 0.29) is 0 Å². The summed E-state index contributed by atoms with van der Waals surface area (Å²) < 4.78 is 0. The molecule has 0 aliphatic carbocycles. The predicted molar refractivity (Wildman–Crippen MR) is 98.3 cm³/mol. The zero-order valence-electron chi connectivity index (χ0n) is 14.1. The number of aromatic nitrogens is 2. The molecule has 1 aromatic heterocycles. The summed E-state index contributed by atoms with van der Waals surface area (Å²) >= 11 is 6.20. The van der Waals surface area contributed by atoms with Crippen LogP contribution in [0.2, 0.25) is 5.02 Å². The van der Waals surface area contributed by atoms with Gasteiger partial charge in [0.2, 0.25) is 5.95 Å². The molecule has 0 aliphatic rings. The third-order valence-corrected chi connectivity index (χ3v) is 3.92. The molecule has 1 N–H and O–H groups in total. The smallest absolute Gasteiger partial charge is 0.225 e. The van der Waals surface area contributed by atoms with E-state index in [1.807, 2.05) is 37.3 Å². The number of nitrogens with zero attached hydrogens (tertiary/aromatic N) is 3. The van der Waals surface area contributed by atoms with Crippen molar-refractivity contribution >= 4 is 23.4 Å². The molecule has 0 fully saturated rings. The molecule has 1 aromatic carbocycles. The third kappa shape index (κ3) is 5.10.